The Labute approximate surface area is 159 Å². The summed E-state index contributed by atoms with van der Waals surface area (Å²) in [5, 5.41) is 14.4. The Bertz CT molecular complexity index is 913. The number of nitrogens with zero attached hydrogens (tertiary/aromatic N) is 3. The van der Waals surface area contributed by atoms with Gasteiger partial charge in [-0.25, -0.2) is 0 Å². The largest absolute Gasteiger partial charge is 0.496 e. The van der Waals surface area contributed by atoms with Crippen molar-refractivity contribution in [3.8, 4) is 17.1 Å². The number of piperidine rings is 1. The van der Waals surface area contributed by atoms with Gasteiger partial charge in [0.15, 0.2) is 5.82 Å². The lowest BCUT2D eigenvalue weighted by Crippen LogP contribution is -2.44. The number of alkyl halides is 3. The first-order valence-electron chi connectivity index (χ1n) is 8.87. The maximum atomic E-state index is 12.9. The fourth-order valence-corrected chi connectivity index (χ4v) is 3.30. The van der Waals surface area contributed by atoms with Gasteiger partial charge in [0.05, 0.1) is 18.2 Å². The molecular weight excluding hydrogens is 375 g/mol. The van der Waals surface area contributed by atoms with Gasteiger partial charge in [0, 0.05) is 19.6 Å². The summed E-state index contributed by atoms with van der Waals surface area (Å²) in [6.45, 7) is 3.75. The second kappa shape index (κ2) is 7.78. The van der Waals surface area contributed by atoms with Gasteiger partial charge >= 0.3 is 6.18 Å². The molecule has 28 heavy (non-hydrogen) atoms. The highest BCUT2D eigenvalue weighted by molar-refractivity contribution is 5.65. The molecule has 0 radical (unpaired) electrons. The number of methoxy groups -OCH3 is 1. The van der Waals surface area contributed by atoms with E-state index in [0.717, 1.165) is 25.1 Å². The Balaban J connectivity index is 1.94. The summed E-state index contributed by atoms with van der Waals surface area (Å²) >= 11 is 0. The monoisotopic (exact) mass is 397 g/mol. The third-order valence-electron chi connectivity index (χ3n) is 4.75. The number of anilines is 1. The molecule has 1 aromatic heterocycles. The summed E-state index contributed by atoms with van der Waals surface area (Å²) in [7, 11) is 2.76. The van der Waals surface area contributed by atoms with Crippen LogP contribution in [0.4, 0.5) is 19.0 Å². The highest BCUT2D eigenvalue weighted by Gasteiger charge is 2.32. The van der Waals surface area contributed by atoms with E-state index >= 15 is 0 Å². The number of halogens is 3. The molecule has 2 N–H and O–H groups in total. The van der Waals surface area contributed by atoms with Crippen molar-refractivity contribution in [1.82, 2.24) is 20.1 Å². The molecule has 3 rings (SSSR count). The zero-order chi connectivity index (χ0) is 20.5. The van der Waals surface area contributed by atoms with Crippen LogP contribution in [0.1, 0.15) is 18.9 Å². The first-order chi connectivity index (χ1) is 13.2. The minimum absolute atomic E-state index is 0.0369. The van der Waals surface area contributed by atoms with E-state index < -0.39 is 17.3 Å². The van der Waals surface area contributed by atoms with E-state index in [1.807, 2.05) is 0 Å². The fourth-order valence-electron chi connectivity index (χ4n) is 3.30. The number of ether oxygens (including phenoxy) is 1. The van der Waals surface area contributed by atoms with Gasteiger partial charge in [-0.1, -0.05) is 6.92 Å². The Hall–Kier alpha value is -2.62. The predicted molar refractivity (Wildman–Crippen MR) is 98.3 cm³/mol. The zero-order valence-corrected chi connectivity index (χ0v) is 15.8. The van der Waals surface area contributed by atoms with Crippen LogP contribution >= 0.6 is 0 Å². The Morgan fingerprint density at radius 2 is 2.04 bits per heavy atom. The van der Waals surface area contributed by atoms with Crippen molar-refractivity contribution >= 4 is 5.82 Å². The summed E-state index contributed by atoms with van der Waals surface area (Å²) in [6, 6.07) is 3.08. The molecule has 0 saturated carbocycles. The third-order valence-corrected chi connectivity index (χ3v) is 4.75. The molecule has 2 aromatic rings. The molecule has 1 aliphatic rings. The van der Waals surface area contributed by atoms with E-state index in [1.165, 1.54) is 24.8 Å². The summed E-state index contributed by atoms with van der Waals surface area (Å²) in [5.41, 5.74) is -1.00. The fraction of sp³-hybridized carbons (Fsp3) is 0.500. The lowest BCUT2D eigenvalue weighted by Gasteiger charge is -2.28. The van der Waals surface area contributed by atoms with E-state index in [2.05, 4.69) is 27.8 Å². The SMILES string of the molecule is COc1cc(C(F)(F)F)ccc1-c1nnc(N[C@H]2CNC[C@H](C)C2)c(=O)n1C. The number of nitrogens with one attached hydrogen (secondary N) is 2. The molecule has 0 amide bonds. The molecule has 1 aliphatic heterocycles. The number of benzene rings is 1. The molecule has 0 spiro atoms. The van der Waals surface area contributed by atoms with Crippen LogP contribution in [0.5, 0.6) is 5.75 Å². The Kier molecular flexibility index (Phi) is 5.59. The average Bonchev–Trinajstić information content (AvgIpc) is 2.64. The molecule has 1 fully saturated rings. The van der Waals surface area contributed by atoms with Crippen molar-refractivity contribution in [3.05, 3.63) is 34.1 Å². The summed E-state index contributed by atoms with van der Waals surface area (Å²) < 4.78 is 45.1. The standard InChI is InChI=1S/C18H22F3N5O2/c1-10-6-12(9-22-8-10)23-15-17(27)26(2)16(25-24-15)13-5-4-11(18(19,20)21)7-14(13)28-3/h4-5,7,10,12,22H,6,8-9H2,1-3H3,(H,23,24)/t10-,12-/m1/s1. The van der Waals surface area contributed by atoms with Crippen molar-refractivity contribution in [2.24, 2.45) is 13.0 Å². The quantitative estimate of drug-likeness (QED) is 0.824. The zero-order valence-electron chi connectivity index (χ0n) is 15.8. The van der Waals surface area contributed by atoms with Gasteiger partial charge in [0.25, 0.3) is 5.56 Å². The molecule has 152 valence electrons. The molecular formula is C18H22F3N5O2. The third kappa shape index (κ3) is 4.11. The molecule has 10 heteroatoms. The van der Waals surface area contributed by atoms with Gasteiger partial charge in [-0.05, 0) is 37.1 Å². The predicted octanol–water partition coefficient (Wildman–Crippen LogP) is 2.28. The van der Waals surface area contributed by atoms with Crippen LogP contribution in [-0.2, 0) is 13.2 Å². The van der Waals surface area contributed by atoms with Crippen molar-refractivity contribution < 1.29 is 17.9 Å². The molecule has 0 aliphatic carbocycles. The minimum atomic E-state index is -4.50. The first-order valence-corrected chi connectivity index (χ1v) is 8.87. The van der Waals surface area contributed by atoms with Gasteiger partial charge in [0.2, 0.25) is 5.82 Å². The number of hydrogen-bond donors (Lipinski definition) is 2. The van der Waals surface area contributed by atoms with Crippen molar-refractivity contribution in [3.63, 3.8) is 0 Å². The first kappa shape index (κ1) is 20.1. The molecule has 2 atom stereocenters. The highest BCUT2D eigenvalue weighted by atomic mass is 19.4. The Morgan fingerprint density at radius 3 is 2.68 bits per heavy atom. The number of aromatic nitrogens is 3. The molecule has 2 heterocycles. The second-order valence-electron chi connectivity index (χ2n) is 6.99. The lowest BCUT2D eigenvalue weighted by molar-refractivity contribution is -0.137. The molecule has 0 unspecified atom stereocenters. The van der Waals surface area contributed by atoms with Crippen molar-refractivity contribution in [1.29, 1.82) is 0 Å². The van der Waals surface area contributed by atoms with Gasteiger partial charge < -0.3 is 15.4 Å². The molecule has 0 bridgehead atoms. The van der Waals surface area contributed by atoms with E-state index in [-0.39, 0.29) is 29.0 Å². The van der Waals surface area contributed by atoms with Crippen LogP contribution in [0, 0.1) is 5.92 Å². The highest BCUT2D eigenvalue weighted by Crippen LogP contribution is 2.36. The van der Waals surface area contributed by atoms with Crippen LogP contribution in [0.25, 0.3) is 11.4 Å². The summed E-state index contributed by atoms with van der Waals surface area (Å²) in [5.74, 6) is 0.665. The average molecular weight is 397 g/mol. The lowest BCUT2D eigenvalue weighted by atomic mass is 9.98. The number of rotatable bonds is 4. The normalized spacial score (nSPS) is 20.1. The van der Waals surface area contributed by atoms with Crippen molar-refractivity contribution in [2.45, 2.75) is 25.6 Å². The maximum absolute atomic E-state index is 12.9. The van der Waals surface area contributed by atoms with Crippen LogP contribution < -0.4 is 20.9 Å². The smallest absolute Gasteiger partial charge is 0.416 e. The van der Waals surface area contributed by atoms with Crippen LogP contribution in [0.2, 0.25) is 0 Å². The van der Waals surface area contributed by atoms with Gasteiger partial charge in [0.1, 0.15) is 5.75 Å². The van der Waals surface area contributed by atoms with E-state index in [0.29, 0.717) is 12.5 Å². The van der Waals surface area contributed by atoms with E-state index in [4.69, 9.17) is 4.74 Å². The van der Waals surface area contributed by atoms with Gasteiger partial charge in [-0.15, -0.1) is 10.2 Å². The molecule has 1 saturated heterocycles. The van der Waals surface area contributed by atoms with E-state index in [1.54, 1.807) is 0 Å². The van der Waals surface area contributed by atoms with Crippen LogP contribution in [0.15, 0.2) is 23.0 Å². The minimum Gasteiger partial charge on any atom is -0.496 e. The van der Waals surface area contributed by atoms with Crippen molar-refractivity contribution in [2.75, 3.05) is 25.5 Å². The summed E-state index contributed by atoms with van der Waals surface area (Å²) in [6.07, 6.45) is -3.60. The molecule has 7 nitrogen and oxygen atoms in total. The topological polar surface area (TPSA) is 81.1 Å². The maximum Gasteiger partial charge on any atom is 0.416 e. The number of hydrogen-bond acceptors (Lipinski definition) is 6. The summed E-state index contributed by atoms with van der Waals surface area (Å²) in [4.78, 5) is 12.7. The van der Waals surface area contributed by atoms with Gasteiger partial charge in [-0.3, -0.25) is 9.36 Å². The second-order valence-corrected chi connectivity index (χ2v) is 6.99. The van der Waals surface area contributed by atoms with Gasteiger partial charge in [-0.2, -0.15) is 13.2 Å². The molecule has 1 aromatic carbocycles. The van der Waals surface area contributed by atoms with Crippen LogP contribution in [0.3, 0.4) is 0 Å². The Morgan fingerprint density at radius 1 is 1.29 bits per heavy atom. The van der Waals surface area contributed by atoms with E-state index in [9.17, 15) is 18.0 Å². The van der Waals surface area contributed by atoms with Crippen LogP contribution in [-0.4, -0.2) is 41.0 Å².